The van der Waals surface area contributed by atoms with Gasteiger partial charge in [0.2, 0.25) is 5.91 Å². The van der Waals surface area contributed by atoms with Gasteiger partial charge in [-0.1, -0.05) is 23.9 Å². The Morgan fingerprint density at radius 2 is 1.88 bits per heavy atom. The van der Waals surface area contributed by atoms with Crippen molar-refractivity contribution in [1.82, 2.24) is 9.97 Å². The SMILES string of the molecule is CC(Sc1nc2ccccc2c(=O)[nH]1)C(=O)Nc1ccc(F)c(F)c1F. The Morgan fingerprint density at radius 1 is 1.15 bits per heavy atom. The average molecular weight is 379 g/mol. The van der Waals surface area contributed by atoms with Gasteiger partial charge in [0, 0.05) is 0 Å². The number of carbonyl (C=O) groups is 1. The molecule has 0 fully saturated rings. The fraction of sp³-hybridized carbons (Fsp3) is 0.118. The van der Waals surface area contributed by atoms with E-state index in [0.29, 0.717) is 17.0 Å². The van der Waals surface area contributed by atoms with Crippen LogP contribution in [0.3, 0.4) is 0 Å². The Morgan fingerprint density at radius 3 is 2.65 bits per heavy atom. The van der Waals surface area contributed by atoms with Gasteiger partial charge < -0.3 is 10.3 Å². The molecule has 2 N–H and O–H groups in total. The molecule has 3 rings (SSSR count). The van der Waals surface area contributed by atoms with E-state index >= 15 is 0 Å². The third kappa shape index (κ3) is 3.57. The monoisotopic (exact) mass is 379 g/mol. The normalized spacial score (nSPS) is 12.2. The molecule has 0 saturated heterocycles. The number of thioether (sulfide) groups is 1. The Balaban J connectivity index is 1.78. The first kappa shape index (κ1) is 18.0. The topological polar surface area (TPSA) is 74.8 Å². The summed E-state index contributed by atoms with van der Waals surface area (Å²) in [5.41, 5.74) is -0.350. The Bertz CT molecular complexity index is 1060. The Kier molecular flexibility index (Phi) is 4.99. The van der Waals surface area contributed by atoms with Crippen LogP contribution in [0.25, 0.3) is 10.9 Å². The van der Waals surface area contributed by atoms with Crippen LogP contribution in [0, 0.1) is 17.5 Å². The van der Waals surface area contributed by atoms with Crippen LogP contribution in [0.15, 0.2) is 46.3 Å². The highest BCUT2D eigenvalue weighted by Crippen LogP contribution is 2.24. The van der Waals surface area contributed by atoms with Gasteiger partial charge in [-0.15, -0.1) is 0 Å². The van der Waals surface area contributed by atoms with Crippen molar-refractivity contribution in [2.75, 3.05) is 5.32 Å². The molecule has 0 spiro atoms. The van der Waals surface area contributed by atoms with Gasteiger partial charge in [0.05, 0.1) is 21.8 Å². The number of fused-ring (bicyclic) bond motifs is 1. The second kappa shape index (κ2) is 7.20. The Labute approximate surface area is 149 Å². The summed E-state index contributed by atoms with van der Waals surface area (Å²) >= 11 is 0.944. The number of hydrogen-bond donors (Lipinski definition) is 2. The minimum absolute atomic E-state index is 0.210. The first-order valence-electron chi connectivity index (χ1n) is 7.47. The highest BCUT2D eigenvalue weighted by atomic mass is 32.2. The van der Waals surface area contributed by atoms with Crippen molar-refractivity contribution in [3.8, 4) is 0 Å². The number of aromatic amines is 1. The molecule has 0 bridgehead atoms. The van der Waals surface area contributed by atoms with Crippen molar-refractivity contribution in [3.63, 3.8) is 0 Å². The van der Waals surface area contributed by atoms with Crippen LogP contribution >= 0.6 is 11.8 Å². The van der Waals surface area contributed by atoms with Gasteiger partial charge >= 0.3 is 0 Å². The van der Waals surface area contributed by atoms with E-state index in [1.54, 1.807) is 24.3 Å². The van der Waals surface area contributed by atoms with Gasteiger partial charge in [-0.3, -0.25) is 9.59 Å². The number of nitrogens with zero attached hydrogens (tertiary/aromatic N) is 1. The molecule has 5 nitrogen and oxygen atoms in total. The fourth-order valence-corrected chi connectivity index (χ4v) is 3.00. The number of carbonyl (C=O) groups excluding carboxylic acids is 1. The number of aromatic nitrogens is 2. The molecule has 26 heavy (non-hydrogen) atoms. The molecule has 1 atom stereocenters. The molecule has 0 radical (unpaired) electrons. The molecule has 2 aromatic carbocycles. The number of para-hydroxylation sites is 1. The summed E-state index contributed by atoms with van der Waals surface area (Å²) in [6, 6.07) is 8.37. The van der Waals surface area contributed by atoms with Crippen molar-refractivity contribution in [3.05, 3.63) is 64.2 Å². The minimum atomic E-state index is -1.66. The van der Waals surface area contributed by atoms with E-state index in [2.05, 4.69) is 15.3 Å². The first-order valence-corrected chi connectivity index (χ1v) is 8.35. The number of benzene rings is 2. The highest BCUT2D eigenvalue weighted by molar-refractivity contribution is 8.00. The maximum absolute atomic E-state index is 13.6. The van der Waals surface area contributed by atoms with Gasteiger partial charge in [-0.05, 0) is 31.2 Å². The zero-order valence-electron chi connectivity index (χ0n) is 13.3. The fourth-order valence-electron chi connectivity index (χ4n) is 2.20. The number of hydrogen-bond acceptors (Lipinski definition) is 4. The first-order chi connectivity index (χ1) is 12.4. The standard InChI is InChI=1S/C17H12F3N3O2S/c1-8(15(24)21-12-7-6-10(18)13(19)14(12)20)26-17-22-11-5-3-2-4-9(11)16(25)23-17/h2-8H,1H3,(H,21,24)(H,22,23,25). The molecule has 0 aliphatic rings. The summed E-state index contributed by atoms with van der Waals surface area (Å²) in [6.45, 7) is 1.51. The third-order valence-corrected chi connectivity index (χ3v) is 4.53. The predicted octanol–water partition coefficient (Wildman–Crippen LogP) is 3.46. The highest BCUT2D eigenvalue weighted by Gasteiger charge is 2.20. The number of halogens is 3. The minimum Gasteiger partial charge on any atom is -0.323 e. The van der Waals surface area contributed by atoms with Crippen LogP contribution in [0.4, 0.5) is 18.9 Å². The molecular formula is C17H12F3N3O2S. The molecule has 1 amide bonds. The van der Waals surface area contributed by atoms with Crippen molar-refractivity contribution in [1.29, 1.82) is 0 Å². The van der Waals surface area contributed by atoms with Gasteiger partial charge in [0.1, 0.15) is 0 Å². The predicted molar refractivity (Wildman–Crippen MR) is 92.6 cm³/mol. The van der Waals surface area contributed by atoms with Gasteiger partial charge in [-0.2, -0.15) is 0 Å². The average Bonchev–Trinajstić information content (AvgIpc) is 2.62. The van der Waals surface area contributed by atoms with Crippen LogP contribution < -0.4 is 10.9 Å². The second-order valence-corrected chi connectivity index (χ2v) is 6.69. The summed E-state index contributed by atoms with van der Waals surface area (Å²) in [7, 11) is 0. The van der Waals surface area contributed by atoms with E-state index in [-0.39, 0.29) is 10.7 Å². The zero-order chi connectivity index (χ0) is 18.8. The maximum atomic E-state index is 13.6. The lowest BCUT2D eigenvalue weighted by Gasteiger charge is -2.12. The van der Waals surface area contributed by atoms with E-state index in [9.17, 15) is 22.8 Å². The summed E-state index contributed by atoms with van der Waals surface area (Å²) < 4.78 is 39.8. The van der Waals surface area contributed by atoms with Crippen molar-refractivity contribution in [2.45, 2.75) is 17.3 Å². The molecular weight excluding hydrogens is 367 g/mol. The lowest BCUT2D eigenvalue weighted by Crippen LogP contribution is -2.24. The summed E-state index contributed by atoms with van der Waals surface area (Å²) in [6.07, 6.45) is 0. The number of anilines is 1. The molecule has 0 aliphatic carbocycles. The zero-order valence-corrected chi connectivity index (χ0v) is 14.2. The quantitative estimate of drug-likeness (QED) is 0.414. The van der Waals surface area contributed by atoms with Crippen molar-refractivity contribution < 1.29 is 18.0 Å². The van der Waals surface area contributed by atoms with Gasteiger partial charge in [-0.25, -0.2) is 18.2 Å². The third-order valence-electron chi connectivity index (χ3n) is 3.54. The lowest BCUT2D eigenvalue weighted by atomic mass is 10.2. The van der Waals surface area contributed by atoms with Crippen LogP contribution in [-0.2, 0) is 4.79 Å². The van der Waals surface area contributed by atoms with Crippen LogP contribution in [0.2, 0.25) is 0 Å². The number of rotatable bonds is 4. The van der Waals surface area contributed by atoms with E-state index in [1.165, 1.54) is 6.92 Å². The molecule has 134 valence electrons. The summed E-state index contributed by atoms with van der Waals surface area (Å²) in [5.74, 6) is -5.15. The lowest BCUT2D eigenvalue weighted by molar-refractivity contribution is -0.115. The van der Waals surface area contributed by atoms with E-state index in [0.717, 1.165) is 17.8 Å². The van der Waals surface area contributed by atoms with Gasteiger partial charge in [0.25, 0.3) is 5.56 Å². The Hall–Kier alpha value is -2.81. The van der Waals surface area contributed by atoms with Crippen LogP contribution in [-0.4, -0.2) is 21.1 Å². The largest absolute Gasteiger partial charge is 0.323 e. The van der Waals surface area contributed by atoms with Crippen molar-refractivity contribution in [2.24, 2.45) is 0 Å². The molecule has 9 heteroatoms. The summed E-state index contributed by atoms with van der Waals surface area (Å²) in [4.78, 5) is 31.0. The van der Waals surface area contributed by atoms with Crippen LogP contribution in [0.1, 0.15) is 6.92 Å². The summed E-state index contributed by atoms with van der Waals surface area (Å²) in [5, 5.41) is 2.03. The maximum Gasteiger partial charge on any atom is 0.259 e. The molecule has 1 heterocycles. The second-order valence-electron chi connectivity index (χ2n) is 5.36. The molecule has 1 aromatic heterocycles. The van der Waals surface area contributed by atoms with E-state index in [1.807, 2.05) is 0 Å². The molecule has 1 unspecified atom stereocenters. The molecule has 0 aliphatic heterocycles. The van der Waals surface area contributed by atoms with Crippen LogP contribution in [0.5, 0.6) is 0 Å². The molecule has 3 aromatic rings. The van der Waals surface area contributed by atoms with E-state index in [4.69, 9.17) is 0 Å². The van der Waals surface area contributed by atoms with Gasteiger partial charge in [0.15, 0.2) is 22.6 Å². The van der Waals surface area contributed by atoms with Crippen molar-refractivity contribution >= 4 is 34.3 Å². The number of H-pyrrole nitrogens is 1. The number of nitrogens with one attached hydrogen (secondary N) is 2. The number of amides is 1. The smallest absolute Gasteiger partial charge is 0.259 e. The molecule has 0 saturated carbocycles. The van der Waals surface area contributed by atoms with E-state index < -0.39 is 34.3 Å².